The number of halogens is 1. The number of hydrogen-bond donors (Lipinski definition) is 1. The lowest BCUT2D eigenvalue weighted by atomic mass is 10.0. The molecule has 1 saturated heterocycles. The SMILES string of the molecule is CC(=O)Nc1nc(N2CCN(C(C)=O)CC2)c2cc(-c3ccc(F)cc3)ccc2n1. The van der Waals surface area contributed by atoms with E-state index in [9.17, 15) is 14.0 Å². The van der Waals surface area contributed by atoms with Gasteiger partial charge in [-0.25, -0.2) is 9.37 Å². The van der Waals surface area contributed by atoms with E-state index in [1.54, 1.807) is 24.0 Å². The molecular formula is C22H22FN5O2. The van der Waals surface area contributed by atoms with Crippen LogP contribution in [0.2, 0.25) is 0 Å². The quantitative estimate of drug-likeness (QED) is 0.722. The summed E-state index contributed by atoms with van der Waals surface area (Å²) in [5.74, 6) is 0.473. The molecule has 0 saturated carbocycles. The van der Waals surface area contributed by atoms with Gasteiger partial charge in [-0.05, 0) is 35.4 Å². The Kier molecular flexibility index (Phi) is 5.31. The largest absolute Gasteiger partial charge is 0.352 e. The van der Waals surface area contributed by atoms with Gasteiger partial charge in [0.25, 0.3) is 0 Å². The highest BCUT2D eigenvalue weighted by molar-refractivity contribution is 5.95. The van der Waals surface area contributed by atoms with Gasteiger partial charge in [0.2, 0.25) is 17.8 Å². The Morgan fingerprint density at radius 2 is 1.60 bits per heavy atom. The lowest BCUT2D eigenvalue weighted by molar-refractivity contribution is -0.129. The number of rotatable bonds is 3. The third kappa shape index (κ3) is 4.07. The number of piperazine rings is 1. The monoisotopic (exact) mass is 407 g/mol. The summed E-state index contributed by atoms with van der Waals surface area (Å²) in [7, 11) is 0. The first-order valence-electron chi connectivity index (χ1n) is 9.76. The highest BCUT2D eigenvalue weighted by atomic mass is 19.1. The Labute approximate surface area is 173 Å². The molecule has 1 aromatic heterocycles. The minimum Gasteiger partial charge on any atom is -0.352 e. The van der Waals surface area contributed by atoms with E-state index >= 15 is 0 Å². The zero-order chi connectivity index (χ0) is 21.3. The second kappa shape index (κ2) is 8.06. The van der Waals surface area contributed by atoms with Crippen LogP contribution in [-0.4, -0.2) is 52.9 Å². The van der Waals surface area contributed by atoms with E-state index in [0.717, 1.165) is 16.5 Å². The Hall–Kier alpha value is -3.55. The zero-order valence-corrected chi connectivity index (χ0v) is 16.9. The number of fused-ring (bicyclic) bond motifs is 1. The summed E-state index contributed by atoms with van der Waals surface area (Å²) < 4.78 is 13.3. The minimum absolute atomic E-state index is 0.0553. The summed E-state index contributed by atoms with van der Waals surface area (Å²) in [6, 6.07) is 12.1. The average molecular weight is 407 g/mol. The van der Waals surface area contributed by atoms with Crippen molar-refractivity contribution in [2.24, 2.45) is 0 Å². The first kappa shape index (κ1) is 19.8. The number of amides is 2. The van der Waals surface area contributed by atoms with Crippen molar-refractivity contribution in [1.82, 2.24) is 14.9 Å². The molecule has 4 rings (SSSR count). The normalized spacial score (nSPS) is 14.1. The second-order valence-electron chi connectivity index (χ2n) is 7.28. The number of nitrogens with zero attached hydrogens (tertiary/aromatic N) is 4. The van der Waals surface area contributed by atoms with E-state index in [4.69, 9.17) is 0 Å². The number of anilines is 2. The van der Waals surface area contributed by atoms with E-state index in [1.807, 2.05) is 18.2 Å². The summed E-state index contributed by atoms with van der Waals surface area (Å²) in [5, 5.41) is 3.50. The fourth-order valence-corrected chi connectivity index (χ4v) is 3.62. The summed E-state index contributed by atoms with van der Waals surface area (Å²) in [6.45, 7) is 5.45. The lowest BCUT2D eigenvalue weighted by Crippen LogP contribution is -2.48. The van der Waals surface area contributed by atoms with Crippen molar-refractivity contribution in [2.45, 2.75) is 13.8 Å². The molecule has 1 aliphatic heterocycles. The minimum atomic E-state index is -0.285. The second-order valence-corrected chi connectivity index (χ2v) is 7.28. The van der Waals surface area contributed by atoms with Crippen LogP contribution in [0.4, 0.5) is 16.2 Å². The Morgan fingerprint density at radius 3 is 2.23 bits per heavy atom. The van der Waals surface area contributed by atoms with Crippen LogP contribution in [0.1, 0.15) is 13.8 Å². The third-order valence-electron chi connectivity index (χ3n) is 5.17. The number of aromatic nitrogens is 2. The molecule has 1 N–H and O–H groups in total. The highest BCUT2D eigenvalue weighted by Crippen LogP contribution is 2.31. The van der Waals surface area contributed by atoms with Crippen LogP contribution in [0.5, 0.6) is 0 Å². The summed E-state index contributed by atoms with van der Waals surface area (Å²) in [6.07, 6.45) is 0. The van der Waals surface area contributed by atoms with Crippen LogP contribution < -0.4 is 10.2 Å². The maximum atomic E-state index is 13.3. The van der Waals surface area contributed by atoms with Crippen molar-refractivity contribution in [2.75, 3.05) is 36.4 Å². The van der Waals surface area contributed by atoms with Gasteiger partial charge in [-0.1, -0.05) is 18.2 Å². The van der Waals surface area contributed by atoms with E-state index in [1.165, 1.54) is 19.1 Å². The van der Waals surface area contributed by atoms with Gasteiger partial charge in [0.1, 0.15) is 11.6 Å². The van der Waals surface area contributed by atoms with Gasteiger partial charge in [0.05, 0.1) is 5.52 Å². The Morgan fingerprint density at radius 1 is 0.933 bits per heavy atom. The third-order valence-corrected chi connectivity index (χ3v) is 5.17. The van der Waals surface area contributed by atoms with Crippen molar-refractivity contribution < 1.29 is 14.0 Å². The van der Waals surface area contributed by atoms with Crippen molar-refractivity contribution >= 4 is 34.5 Å². The van der Waals surface area contributed by atoms with Crippen LogP contribution >= 0.6 is 0 Å². The molecule has 0 aliphatic carbocycles. The molecule has 2 heterocycles. The van der Waals surface area contributed by atoms with Crippen molar-refractivity contribution in [3.05, 3.63) is 48.3 Å². The number of hydrogen-bond acceptors (Lipinski definition) is 5. The fraction of sp³-hybridized carbons (Fsp3) is 0.273. The van der Waals surface area contributed by atoms with E-state index in [0.29, 0.717) is 37.5 Å². The van der Waals surface area contributed by atoms with Gasteiger partial charge in [-0.3, -0.25) is 14.9 Å². The molecule has 154 valence electrons. The van der Waals surface area contributed by atoms with Crippen LogP contribution in [-0.2, 0) is 9.59 Å². The predicted molar refractivity (Wildman–Crippen MR) is 114 cm³/mol. The Balaban J connectivity index is 1.78. The summed E-state index contributed by atoms with van der Waals surface area (Å²) in [4.78, 5) is 36.2. The molecule has 0 atom stereocenters. The predicted octanol–water partition coefficient (Wildman–Crippen LogP) is 3.06. The summed E-state index contributed by atoms with van der Waals surface area (Å²) >= 11 is 0. The molecule has 30 heavy (non-hydrogen) atoms. The molecule has 3 aromatic rings. The van der Waals surface area contributed by atoms with Gasteiger partial charge in [0, 0.05) is 45.4 Å². The van der Waals surface area contributed by atoms with E-state index in [2.05, 4.69) is 20.2 Å². The van der Waals surface area contributed by atoms with E-state index < -0.39 is 0 Å². The molecule has 0 spiro atoms. The lowest BCUT2D eigenvalue weighted by Gasteiger charge is -2.35. The molecule has 2 aromatic carbocycles. The topological polar surface area (TPSA) is 78.4 Å². The number of benzene rings is 2. The first-order valence-corrected chi connectivity index (χ1v) is 9.76. The smallest absolute Gasteiger partial charge is 0.231 e. The molecule has 1 aliphatic rings. The van der Waals surface area contributed by atoms with E-state index in [-0.39, 0.29) is 23.6 Å². The maximum absolute atomic E-state index is 13.3. The van der Waals surface area contributed by atoms with Crippen molar-refractivity contribution in [1.29, 1.82) is 0 Å². The highest BCUT2D eigenvalue weighted by Gasteiger charge is 2.22. The molecule has 2 amide bonds. The molecule has 1 fully saturated rings. The van der Waals surface area contributed by atoms with Gasteiger partial charge < -0.3 is 9.80 Å². The van der Waals surface area contributed by atoms with Crippen molar-refractivity contribution in [3.8, 4) is 11.1 Å². The Bertz CT molecular complexity index is 1110. The standard InChI is InChI=1S/C22H22FN5O2/c1-14(29)24-22-25-20-8-5-17(16-3-6-18(23)7-4-16)13-19(20)21(26-22)28-11-9-27(10-12-28)15(2)30/h3-8,13H,9-12H2,1-2H3,(H,24,25,26,29). The van der Waals surface area contributed by atoms with Gasteiger partial charge in [-0.15, -0.1) is 0 Å². The maximum Gasteiger partial charge on any atom is 0.231 e. The molecule has 0 bridgehead atoms. The van der Waals surface area contributed by atoms with Gasteiger partial charge in [0.15, 0.2) is 0 Å². The molecule has 7 nitrogen and oxygen atoms in total. The number of carbonyl (C=O) groups excluding carboxylic acids is 2. The molecular weight excluding hydrogens is 385 g/mol. The number of nitrogens with one attached hydrogen (secondary N) is 1. The van der Waals surface area contributed by atoms with Gasteiger partial charge >= 0.3 is 0 Å². The van der Waals surface area contributed by atoms with Crippen LogP contribution in [0.15, 0.2) is 42.5 Å². The van der Waals surface area contributed by atoms with Crippen molar-refractivity contribution in [3.63, 3.8) is 0 Å². The number of carbonyl (C=O) groups is 2. The van der Waals surface area contributed by atoms with Gasteiger partial charge in [-0.2, -0.15) is 4.98 Å². The van der Waals surface area contributed by atoms with Crippen LogP contribution in [0.25, 0.3) is 22.0 Å². The van der Waals surface area contributed by atoms with Crippen LogP contribution in [0, 0.1) is 5.82 Å². The van der Waals surface area contributed by atoms with Crippen LogP contribution in [0.3, 0.4) is 0 Å². The fourth-order valence-electron chi connectivity index (χ4n) is 3.62. The molecule has 0 unspecified atom stereocenters. The summed E-state index contributed by atoms with van der Waals surface area (Å²) in [5.41, 5.74) is 2.50. The molecule has 0 radical (unpaired) electrons. The average Bonchev–Trinajstić information content (AvgIpc) is 2.73. The first-order chi connectivity index (χ1) is 14.4. The molecule has 8 heteroatoms. The zero-order valence-electron chi connectivity index (χ0n) is 16.9.